The first-order valence-electron chi connectivity index (χ1n) is 10.7. The number of allylic oxidation sites excluding steroid dienone is 1. The highest BCUT2D eigenvalue weighted by Crippen LogP contribution is 2.36. The molecule has 1 aliphatic heterocycles. The molecule has 1 fully saturated rings. The van der Waals surface area contributed by atoms with Gasteiger partial charge >= 0.3 is 5.97 Å². The summed E-state index contributed by atoms with van der Waals surface area (Å²) in [7, 11) is 4.55. The lowest BCUT2D eigenvalue weighted by molar-refractivity contribution is -0.132. The Balaban J connectivity index is 1.41. The number of esters is 1. The van der Waals surface area contributed by atoms with Crippen LogP contribution >= 0.6 is 0 Å². The van der Waals surface area contributed by atoms with Gasteiger partial charge in [-0.1, -0.05) is 6.07 Å². The molecule has 0 saturated heterocycles. The highest BCUT2D eigenvalue weighted by Gasteiger charge is 2.42. The van der Waals surface area contributed by atoms with Crippen LogP contribution in [0, 0.1) is 5.92 Å². The van der Waals surface area contributed by atoms with Gasteiger partial charge in [-0.2, -0.15) is 0 Å². The Bertz CT molecular complexity index is 1020. The molecule has 4 rings (SSSR count). The second-order valence-corrected chi connectivity index (χ2v) is 7.78. The van der Waals surface area contributed by atoms with Crippen LogP contribution in [0.25, 0.3) is 0 Å². The number of hydrogen-bond acceptors (Lipinski definition) is 8. The van der Waals surface area contributed by atoms with Crippen molar-refractivity contribution in [2.24, 2.45) is 5.92 Å². The van der Waals surface area contributed by atoms with Crippen molar-refractivity contribution in [2.45, 2.75) is 31.5 Å². The lowest BCUT2D eigenvalue weighted by Crippen LogP contribution is -2.43. The average molecular weight is 454 g/mol. The number of Topliss-reactive ketones (excluding diaryl/α,β-unsaturated/α-hetero) is 1. The minimum atomic E-state index is -0.533. The molecular weight excluding hydrogens is 428 g/mol. The average Bonchev–Trinajstić information content (AvgIpc) is 2.85. The van der Waals surface area contributed by atoms with E-state index in [1.54, 1.807) is 49.6 Å². The lowest BCUT2D eigenvalue weighted by Gasteiger charge is -2.36. The molecule has 0 aromatic heterocycles. The molecule has 8 nitrogen and oxygen atoms in total. The van der Waals surface area contributed by atoms with Gasteiger partial charge < -0.3 is 28.4 Å². The van der Waals surface area contributed by atoms with Gasteiger partial charge in [-0.25, -0.2) is 4.79 Å². The Kier molecular flexibility index (Phi) is 6.72. The van der Waals surface area contributed by atoms with Gasteiger partial charge in [0.15, 0.2) is 0 Å². The molecule has 1 saturated carbocycles. The van der Waals surface area contributed by atoms with Crippen molar-refractivity contribution in [3.8, 4) is 23.0 Å². The molecule has 3 unspecified atom stereocenters. The van der Waals surface area contributed by atoms with Crippen LogP contribution in [0.1, 0.15) is 29.6 Å². The molecule has 3 atom stereocenters. The number of carbonyl (C=O) groups is 2. The molecule has 1 heterocycles. The number of fused-ring (bicyclic) bond motifs is 1. The van der Waals surface area contributed by atoms with Crippen molar-refractivity contribution in [3.05, 3.63) is 60.0 Å². The summed E-state index contributed by atoms with van der Waals surface area (Å²) in [6.45, 7) is 0. The van der Waals surface area contributed by atoms with Crippen LogP contribution in [0.5, 0.6) is 23.0 Å². The van der Waals surface area contributed by atoms with Crippen molar-refractivity contribution in [1.29, 1.82) is 0 Å². The number of ether oxygens (including phenoxy) is 6. The summed E-state index contributed by atoms with van der Waals surface area (Å²) in [5.41, 5.74) is 0.236. The number of carbonyl (C=O) groups excluding carboxylic acids is 2. The fraction of sp³-hybridized carbons (Fsp3) is 0.360. The van der Waals surface area contributed by atoms with Gasteiger partial charge in [-0.05, 0) is 49.2 Å². The molecule has 0 N–H and O–H groups in total. The van der Waals surface area contributed by atoms with Gasteiger partial charge in [-0.15, -0.1) is 0 Å². The largest absolute Gasteiger partial charge is 0.497 e. The SMILES string of the molecule is COc1ccc(OC2=COC3CC(OC(=O)c4c(OC)cccc4OC)CCC3C2=O)cc1. The van der Waals surface area contributed by atoms with Crippen LogP contribution in [0.4, 0.5) is 0 Å². The fourth-order valence-corrected chi connectivity index (χ4v) is 4.15. The fourth-order valence-electron chi connectivity index (χ4n) is 4.15. The predicted octanol–water partition coefficient (Wildman–Crippen LogP) is 3.93. The highest BCUT2D eigenvalue weighted by molar-refractivity contribution is 5.97. The summed E-state index contributed by atoms with van der Waals surface area (Å²) in [6, 6.07) is 12.0. The van der Waals surface area contributed by atoms with Crippen molar-refractivity contribution in [1.82, 2.24) is 0 Å². The van der Waals surface area contributed by atoms with Crippen LogP contribution < -0.4 is 18.9 Å². The van der Waals surface area contributed by atoms with Crippen molar-refractivity contribution < 1.29 is 38.0 Å². The van der Waals surface area contributed by atoms with E-state index in [2.05, 4.69) is 0 Å². The van der Waals surface area contributed by atoms with E-state index in [9.17, 15) is 9.59 Å². The quantitative estimate of drug-likeness (QED) is 0.582. The number of ketones is 1. The van der Waals surface area contributed by atoms with Gasteiger partial charge in [0.05, 0.1) is 27.2 Å². The zero-order valence-corrected chi connectivity index (χ0v) is 18.7. The van der Waals surface area contributed by atoms with Crippen molar-refractivity contribution in [2.75, 3.05) is 21.3 Å². The predicted molar refractivity (Wildman–Crippen MR) is 118 cm³/mol. The third kappa shape index (κ3) is 4.74. The number of methoxy groups -OCH3 is 3. The van der Waals surface area contributed by atoms with E-state index in [0.717, 1.165) is 0 Å². The van der Waals surface area contributed by atoms with E-state index in [-0.39, 0.29) is 29.1 Å². The Hall–Kier alpha value is -3.68. The Morgan fingerprint density at radius 1 is 0.909 bits per heavy atom. The monoisotopic (exact) mass is 454 g/mol. The third-order valence-corrected chi connectivity index (χ3v) is 5.87. The molecule has 2 aliphatic rings. The molecular formula is C25H26O8. The van der Waals surface area contributed by atoms with E-state index in [4.69, 9.17) is 28.4 Å². The standard InChI is InChI=1S/C25H26O8/c1-28-15-7-9-16(10-8-15)32-22-14-31-21-13-17(11-12-18(21)24(22)26)33-25(27)23-19(29-2)5-4-6-20(23)30-3/h4-10,14,17-18,21H,11-13H2,1-3H3. The van der Waals surface area contributed by atoms with Crippen molar-refractivity contribution >= 4 is 11.8 Å². The Morgan fingerprint density at radius 3 is 2.21 bits per heavy atom. The minimum absolute atomic E-state index is 0.113. The van der Waals surface area contributed by atoms with E-state index in [1.807, 2.05) is 0 Å². The van der Waals surface area contributed by atoms with Crippen LogP contribution in [-0.2, 0) is 14.3 Å². The van der Waals surface area contributed by atoms with Crippen LogP contribution in [-0.4, -0.2) is 45.3 Å². The van der Waals surface area contributed by atoms with Gasteiger partial charge in [0, 0.05) is 6.42 Å². The van der Waals surface area contributed by atoms with Gasteiger partial charge in [-0.3, -0.25) is 4.79 Å². The van der Waals surface area contributed by atoms with Gasteiger partial charge in [0.2, 0.25) is 11.5 Å². The van der Waals surface area contributed by atoms with Crippen LogP contribution in [0.3, 0.4) is 0 Å². The van der Waals surface area contributed by atoms with Crippen LogP contribution in [0.2, 0.25) is 0 Å². The number of benzene rings is 2. The summed E-state index contributed by atoms with van der Waals surface area (Å²) in [5.74, 6) is 1.13. The molecule has 2 aromatic rings. The number of hydrogen-bond donors (Lipinski definition) is 0. The van der Waals surface area contributed by atoms with Gasteiger partial charge in [0.1, 0.15) is 47.0 Å². The first kappa shape index (κ1) is 22.5. The zero-order chi connectivity index (χ0) is 23.4. The molecule has 0 spiro atoms. The molecule has 0 amide bonds. The third-order valence-electron chi connectivity index (χ3n) is 5.87. The summed E-state index contributed by atoms with van der Waals surface area (Å²) in [5, 5.41) is 0. The van der Waals surface area contributed by atoms with E-state index in [1.165, 1.54) is 20.5 Å². The highest BCUT2D eigenvalue weighted by atomic mass is 16.6. The van der Waals surface area contributed by atoms with Gasteiger partial charge in [0.25, 0.3) is 0 Å². The normalized spacial score (nSPS) is 21.7. The topological polar surface area (TPSA) is 89.5 Å². The van der Waals surface area contributed by atoms with E-state index >= 15 is 0 Å². The molecule has 0 bridgehead atoms. The maximum absolute atomic E-state index is 13.0. The maximum atomic E-state index is 13.0. The molecule has 1 aliphatic carbocycles. The lowest BCUT2D eigenvalue weighted by atomic mass is 9.80. The smallest absolute Gasteiger partial charge is 0.346 e. The zero-order valence-electron chi connectivity index (χ0n) is 18.7. The van der Waals surface area contributed by atoms with Crippen LogP contribution in [0.15, 0.2) is 54.5 Å². The molecule has 2 aromatic carbocycles. The molecule has 8 heteroatoms. The summed E-state index contributed by atoms with van der Waals surface area (Å²) >= 11 is 0. The van der Waals surface area contributed by atoms with Crippen molar-refractivity contribution in [3.63, 3.8) is 0 Å². The minimum Gasteiger partial charge on any atom is -0.497 e. The summed E-state index contributed by atoms with van der Waals surface area (Å²) in [4.78, 5) is 25.8. The Labute approximate surface area is 192 Å². The first-order chi connectivity index (χ1) is 16.0. The number of rotatable bonds is 7. The summed E-state index contributed by atoms with van der Waals surface area (Å²) in [6.07, 6.45) is 2.04. The summed E-state index contributed by atoms with van der Waals surface area (Å²) < 4.78 is 33.0. The molecule has 33 heavy (non-hydrogen) atoms. The first-order valence-corrected chi connectivity index (χ1v) is 10.7. The second-order valence-electron chi connectivity index (χ2n) is 7.78. The van der Waals surface area contributed by atoms with E-state index < -0.39 is 12.1 Å². The Morgan fingerprint density at radius 2 is 1.58 bits per heavy atom. The molecule has 0 radical (unpaired) electrons. The van der Waals surface area contributed by atoms with E-state index in [0.29, 0.717) is 42.3 Å². The second kappa shape index (κ2) is 9.85. The maximum Gasteiger partial charge on any atom is 0.346 e. The molecule has 174 valence electrons.